The molecule has 1 aromatic heterocycles. The summed E-state index contributed by atoms with van der Waals surface area (Å²) in [4.78, 5) is 26.2. The van der Waals surface area contributed by atoms with Crippen LogP contribution in [0.25, 0.3) is 17.0 Å². The number of allylic oxidation sites excluding steroid dienone is 1. The Hall–Kier alpha value is -4.52. The SMILES string of the molecule is Cc1oc2ccc(OCc3ccccc3)cc2c1C(=O)Oc1ccc2c(c1)O/C(=C\c1cccc(Cl)c1Cl)C2=O. The predicted molar refractivity (Wildman–Crippen MR) is 153 cm³/mol. The van der Waals surface area contributed by atoms with Gasteiger partial charge in [0, 0.05) is 11.5 Å². The zero-order chi connectivity index (χ0) is 27.8. The molecule has 0 N–H and O–H groups in total. The van der Waals surface area contributed by atoms with Crippen molar-refractivity contribution in [2.75, 3.05) is 0 Å². The van der Waals surface area contributed by atoms with Gasteiger partial charge < -0.3 is 18.6 Å². The molecular weight excluding hydrogens is 551 g/mol. The molecule has 1 aliphatic heterocycles. The summed E-state index contributed by atoms with van der Waals surface area (Å²) in [6.45, 7) is 2.08. The molecule has 0 fully saturated rings. The highest BCUT2D eigenvalue weighted by molar-refractivity contribution is 6.43. The first-order valence-corrected chi connectivity index (χ1v) is 13.1. The van der Waals surface area contributed by atoms with Gasteiger partial charge in [0.15, 0.2) is 5.76 Å². The van der Waals surface area contributed by atoms with Crippen LogP contribution in [-0.4, -0.2) is 11.8 Å². The first-order valence-electron chi connectivity index (χ1n) is 12.3. The minimum atomic E-state index is -0.609. The first kappa shape index (κ1) is 25.7. The summed E-state index contributed by atoms with van der Waals surface area (Å²) in [5, 5.41) is 1.25. The molecule has 6 rings (SSSR count). The lowest BCUT2D eigenvalue weighted by atomic mass is 10.1. The van der Waals surface area contributed by atoms with Crippen molar-refractivity contribution in [1.82, 2.24) is 0 Å². The van der Waals surface area contributed by atoms with Gasteiger partial charge in [-0.05, 0) is 60.5 Å². The van der Waals surface area contributed by atoms with E-state index >= 15 is 0 Å². The van der Waals surface area contributed by atoms with Crippen LogP contribution in [-0.2, 0) is 6.61 Å². The van der Waals surface area contributed by atoms with Gasteiger partial charge in [-0.1, -0.05) is 65.7 Å². The second kappa shape index (κ2) is 10.6. The quantitative estimate of drug-likeness (QED) is 0.116. The van der Waals surface area contributed by atoms with Gasteiger partial charge in [0.25, 0.3) is 0 Å². The average molecular weight is 571 g/mol. The third-order valence-electron chi connectivity index (χ3n) is 6.41. The van der Waals surface area contributed by atoms with Crippen molar-refractivity contribution in [2.45, 2.75) is 13.5 Å². The fraction of sp³-hybridized carbons (Fsp3) is 0.0625. The molecule has 8 heteroatoms. The minimum absolute atomic E-state index is 0.0855. The maximum Gasteiger partial charge on any atom is 0.347 e. The zero-order valence-electron chi connectivity index (χ0n) is 21.1. The Morgan fingerprint density at radius 3 is 2.55 bits per heavy atom. The van der Waals surface area contributed by atoms with E-state index < -0.39 is 5.97 Å². The Morgan fingerprint density at radius 1 is 0.925 bits per heavy atom. The number of halogens is 2. The molecule has 0 radical (unpaired) electrons. The van der Waals surface area contributed by atoms with Crippen LogP contribution in [0.2, 0.25) is 10.0 Å². The van der Waals surface area contributed by atoms with Crippen molar-refractivity contribution in [3.63, 3.8) is 0 Å². The second-order valence-electron chi connectivity index (χ2n) is 9.10. The molecule has 0 amide bonds. The van der Waals surface area contributed by atoms with E-state index in [-0.39, 0.29) is 28.6 Å². The Bertz CT molecular complexity index is 1820. The van der Waals surface area contributed by atoms with E-state index in [1.54, 1.807) is 55.5 Å². The largest absolute Gasteiger partial charge is 0.489 e. The molecule has 0 bridgehead atoms. The van der Waals surface area contributed by atoms with E-state index in [4.69, 9.17) is 41.8 Å². The lowest BCUT2D eigenvalue weighted by Crippen LogP contribution is -2.09. The molecule has 0 atom stereocenters. The van der Waals surface area contributed by atoms with E-state index in [0.29, 0.717) is 50.3 Å². The lowest BCUT2D eigenvalue weighted by Gasteiger charge is -2.07. The molecule has 0 saturated carbocycles. The predicted octanol–water partition coefficient (Wildman–Crippen LogP) is 8.46. The molecule has 2 heterocycles. The van der Waals surface area contributed by atoms with Crippen LogP contribution in [0.5, 0.6) is 17.2 Å². The van der Waals surface area contributed by atoms with E-state index in [9.17, 15) is 9.59 Å². The number of furan rings is 1. The van der Waals surface area contributed by atoms with Crippen molar-refractivity contribution in [1.29, 1.82) is 0 Å². The number of hydrogen-bond acceptors (Lipinski definition) is 6. The van der Waals surface area contributed by atoms with Gasteiger partial charge in [0.2, 0.25) is 5.78 Å². The molecule has 4 aromatic carbocycles. The summed E-state index contributed by atoms with van der Waals surface area (Å²) in [5.74, 6) is 0.647. The molecular formula is C32H20Cl2O6. The molecule has 0 unspecified atom stereocenters. The highest BCUT2D eigenvalue weighted by atomic mass is 35.5. The monoisotopic (exact) mass is 570 g/mol. The summed E-state index contributed by atoms with van der Waals surface area (Å²) < 4.78 is 23.2. The Morgan fingerprint density at radius 2 is 1.73 bits per heavy atom. The summed E-state index contributed by atoms with van der Waals surface area (Å²) in [6, 6.07) is 24.8. The molecule has 40 heavy (non-hydrogen) atoms. The van der Waals surface area contributed by atoms with Gasteiger partial charge in [-0.2, -0.15) is 0 Å². The molecule has 0 aliphatic carbocycles. The van der Waals surface area contributed by atoms with Crippen LogP contribution in [0.4, 0.5) is 0 Å². The number of Topliss-reactive ketones (excluding diaryl/α,β-unsaturated/α-hetero) is 1. The van der Waals surface area contributed by atoms with Crippen LogP contribution >= 0.6 is 23.2 Å². The molecule has 0 saturated heterocycles. The van der Waals surface area contributed by atoms with Gasteiger partial charge >= 0.3 is 5.97 Å². The van der Waals surface area contributed by atoms with E-state index in [1.807, 2.05) is 30.3 Å². The van der Waals surface area contributed by atoms with Crippen LogP contribution < -0.4 is 14.2 Å². The standard InChI is InChI=1S/C32H20Cl2O6/c1-18-29(24-15-21(11-13-26(24)38-18)37-17-19-6-3-2-4-7-19)32(36)39-22-10-12-23-27(16-22)40-28(31(23)35)14-20-8-5-9-25(33)30(20)34/h2-16H,17H2,1H3/b28-14-. The fourth-order valence-corrected chi connectivity index (χ4v) is 4.81. The van der Waals surface area contributed by atoms with Crippen molar-refractivity contribution in [2.24, 2.45) is 0 Å². The minimum Gasteiger partial charge on any atom is -0.489 e. The number of carbonyl (C=O) groups excluding carboxylic acids is 2. The number of ether oxygens (including phenoxy) is 3. The topological polar surface area (TPSA) is 75.0 Å². The van der Waals surface area contributed by atoms with Crippen molar-refractivity contribution < 1.29 is 28.2 Å². The van der Waals surface area contributed by atoms with Gasteiger partial charge in [-0.25, -0.2) is 4.79 Å². The number of carbonyl (C=O) groups is 2. The van der Waals surface area contributed by atoms with Crippen molar-refractivity contribution in [3.05, 3.63) is 129 Å². The van der Waals surface area contributed by atoms with Gasteiger partial charge in [-0.3, -0.25) is 4.79 Å². The normalized spacial score (nSPS) is 13.4. The smallest absolute Gasteiger partial charge is 0.347 e. The van der Waals surface area contributed by atoms with Crippen LogP contribution in [0.15, 0.2) is 95.1 Å². The molecule has 0 spiro atoms. The zero-order valence-corrected chi connectivity index (χ0v) is 22.6. The maximum absolute atomic E-state index is 13.3. The number of fused-ring (bicyclic) bond motifs is 2. The molecule has 198 valence electrons. The molecule has 1 aliphatic rings. The van der Waals surface area contributed by atoms with E-state index in [0.717, 1.165) is 5.56 Å². The highest BCUT2D eigenvalue weighted by Crippen LogP contribution is 2.37. The number of aryl methyl sites for hydroxylation is 1. The van der Waals surface area contributed by atoms with Crippen molar-refractivity contribution in [3.8, 4) is 17.2 Å². The van der Waals surface area contributed by atoms with E-state index in [2.05, 4.69) is 0 Å². The molecule has 6 nitrogen and oxygen atoms in total. The lowest BCUT2D eigenvalue weighted by molar-refractivity contribution is 0.0734. The van der Waals surface area contributed by atoms with Gasteiger partial charge in [-0.15, -0.1) is 0 Å². The van der Waals surface area contributed by atoms with E-state index in [1.165, 1.54) is 12.1 Å². The molecule has 5 aromatic rings. The summed E-state index contributed by atoms with van der Waals surface area (Å²) in [7, 11) is 0. The average Bonchev–Trinajstić information content (AvgIpc) is 3.45. The van der Waals surface area contributed by atoms with Crippen LogP contribution in [0.3, 0.4) is 0 Å². The fourth-order valence-electron chi connectivity index (χ4n) is 4.45. The third-order valence-corrected chi connectivity index (χ3v) is 7.24. The third kappa shape index (κ3) is 4.95. The number of benzene rings is 4. The number of rotatable bonds is 6. The number of hydrogen-bond donors (Lipinski definition) is 0. The number of ketones is 1. The summed E-state index contributed by atoms with van der Waals surface area (Å²) in [6.07, 6.45) is 1.53. The van der Waals surface area contributed by atoms with Crippen molar-refractivity contribution >= 4 is 52.0 Å². The van der Waals surface area contributed by atoms with Gasteiger partial charge in [0.1, 0.15) is 40.8 Å². The van der Waals surface area contributed by atoms with Gasteiger partial charge in [0.05, 0.1) is 15.6 Å². The summed E-state index contributed by atoms with van der Waals surface area (Å²) >= 11 is 12.3. The Kier molecular flexibility index (Phi) is 6.80. The Balaban J connectivity index is 1.22. The summed E-state index contributed by atoms with van der Waals surface area (Å²) in [5.41, 5.74) is 2.74. The van der Waals surface area contributed by atoms with Crippen LogP contribution in [0.1, 0.15) is 37.6 Å². The highest BCUT2D eigenvalue weighted by Gasteiger charge is 2.29. The maximum atomic E-state index is 13.3. The number of esters is 1. The first-order chi connectivity index (χ1) is 19.4. The second-order valence-corrected chi connectivity index (χ2v) is 9.88. The Labute approximate surface area is 239 Å². The van der Waals surface area contributed by atoms with Crippen LogP contribution in [0, 0.1) is 6.92 Å².